The fourth-order valence-corrected chi connectivity index (χ4v) is 1.42. The molecule has 0 aliphatic rings. The van der Waals surface area contributed by atoms with Gasteiger partial charge in [0.25, 0.3) is 0 Å². The Labute approximate surface area is 82.6 Å². The van der Waals surface area contributed by atoms with E-state index in [0.717, 1.165) is 22.6 Å². The van der Waals surface area contributed by atoms with Crippen LogP contribution >= 0.6 is 0 Å². The van der Waals surface area contributed by atoms with Crippen molar-refractivity contribution in [1.29, 1.82) is 0 Å². The van der Waals surface area contributed by atoms with Crippen LogP contribution in [0, 0.1) is 13.8 Å². The summed E-state index contributed by atoms with van der Waals surface area (Å²) in [5, 5.41) is 0. The number of aryl methyl sites for hydroxylation is 2. The van der Waals surface area contributed by atoms with Crippen LogP contribution in [0.15, 0.2) is 28.8 Å². The Morgan fingerprint density at radius 1 is 1.21 bits per heavy atom. The van der Waals surface area contributed by atoms with E-state index < -0.39 is 0 Å². The van der Waals surface area contributed by atoms with Gasteiger partial charge in [-0.15, -0.1) is 0 Å². The number of aromatic nitrogens is 1. The predicted molar refractivity (Wildman–Crippen MR) is 55.8 cm³/mol. The van der Waals surface area contributed by atoms with Crippen molar-refractivity contribution in [3.05, 3.63) is 35.7 Å². The summed E-state index contributed by atoms with van der Waals surface area (Å²) < 4.78 is 5.41. The molecule has 0 spiro atoms. The summed E-state index contributed by atoms with van der Waals surface area (Å²) in [5.41, 5.74) is 8.50. The normalized spacial score (nSPS) is 10.4. The first kappa shape index (κ1) is 8.81. The van der Waals surface area contributed by atoms with E-state index in [2.05, 4.69) is 4.98 Å². The highest BCUT2D eigenvalue weighted by atomic mass is 16.4. The highest BCUT2D eigenvalue weighted by Crippen LogP contribution is 2.22. The SMILES string of the molecule is Cc1cc(N)cc(-c2ncc(C)o2)c1. The fourth-order valence-electron chi connectivity index (χ4n) is 1.42. The van der Waals surface area contributed by atoms with Crippen molar-refractivity contribution >= 4 is 5.69 Å². The summed E-state index contributed by atoms with van der Waals surface area (Å²) >= 11 is 0. The minimum Gasteiger partial charge on any atom is -0.441 e. The van der Waals surface area contributed by atoms with Crippen LogP contribution in [0.4, 0.5) is 5.69 Å². The van der Waals surface area contributed by atoms with Crippen LogP contribution in [-0.2, 0) is 0 Å². The third-order valence-electron chi connectivity index (χ3n) is 1.97. The Morgan fingerprint density at radius 3 is 2.57 bits per heavy atom. The first-order chi connectivity index (χ1) is 6.65. The van der Waals surface area contributed by atoms with Gasteiger partial charge in [-0.1, -0.05) is 0 Å². The van der Waals surface area contributed by atoms with Crippen molar-refractivity contribution in [3.63, 3.8) is 0 Å². The maximum atomic E-state index is 5.73. The molecule has 0 saturated carbocycles. The molecule has 0 radical (unpaired) electrons. The summed E-state index contributed by atoms with van der Waals surface area (Å²) in [6, 6.07) is 5.78. The molecule has 0 bridgehead atoms. The van der Waals surface area contributed by atoms with Gasteiger partial charge in [0.15, 0.2) is 0 Å². The summed E-state index contributed by atoms with van der Waals surface area (Å²) in [5.74, 6) is 1.43. The molecular formula is C11H12N2O. The minimum atomic E-state index is 0.623. The molecule has 1 aromatic carbocycles. The molecule has 0 unspecified atom stereocenters. The van der Waals surface area contributed by atoms with E-state index >= 15 is 0 Å². The number of benzene rings is 1. The monoisotopic (exact) mass is 188 g/mol. The molecule has 0 atom stereocenters. The van der Waals surface area contributed by atoms with Gasteiger partial charge in [-0.3, -0.25) is 0 Å². The topological polar surface area (TPSA) is 52.0 Å². The number of nitrogen functional groups attached to an aromatic ring is 1. The molecular weight excluding hydrogens is 176 g/mol. The lowest BCUT2D eigenvalue weighted by Gasteiger charge is -2.00. The van der Waals surface area contributed by atoms with Crippen molar-refractivity contribution in [2.75, 3.05) is 5.73 Å². The molecule has 0 aliphatic heterocycles. The van der Waals surface area contributed by atoms with E-state index in [4.69, 9.17) is 10.2 Å². The van der Waals surface area contributed by atoms with Gasteiger partial charge in [-0.05, 0) is 37.6 Å². The smallest absolute Gasteiger partial charge is 0.226 e. The first-order valence-corrected chi connectivity index (χ1v) is 4.45. The van der Waals surface area contributed by atoms with Gasteiger partial charge < -0.3 is 10.2 Å². The third kappa shape index (κ3) is 1.62. The highest BCUT2D eigenvalue weighted by Gasteiger charge is 2.05. The number of nitrogens with two attached hydrogens (primary N) is 1. The van der Waals surface area contributed by atoms with Crippen molar-refractivity contribution in [3.8, 4) is 11.5 Å². The molecule has 2 aromatic rings. The van der Waals surface area contributed by atoms with Crippen molar-refractivity contribution in [2.24, 2.45) is 0 Å². The lowest BCUT2D eigenvalue weighted by molar-refractivity contribution is 0.542. The molecule has 1 aromatic heterocycles. The van der Waals surface area contributed by atoms with Gasteiger partial charge in [0.1, 0.15) is 5.76 Å². The van der Waals surface area contributed by atoms with Crippen LogP contribution in [0.1, 0.15) is 11.3 Å². The van der Waals surface area contributed by atoms with E-state index in [0.29, 0.717) is 5.89 Å². The van der Waals surface area contributed by atoms with Crippen LogP contribution in [0.3, 0.4) is 0 Å². The van der Waals surface area contributed by atoms with E-state index in [1.807, 2.05) is 32.0 Å². The molecule has 2 rings (SSSR count). The number of hydrogen-bond donors (Lipinski definition) is 1. The number of rotatable bonds is 1. The number of hydrogen-bond acceptors (Lipinski definition) is 3. The van der Waals surface area contributed by atoms with Gasteiger partial charge in [0.05, 0.1) is 6.20 Å². The third-order valence-corrected chi connectivity index (χ3v) is 1.97. The molecule has 0 amide bonds. The van der Waals surface area contributed by atoms with Gasteiger partial charge in [0, 0.05) is 11.3 Å². The van der Waals surface area contributed by atoms with Crippen molar-refractivity contribution in [1.82, 2.24) is 4.98 Å². The molecule has 3 heteroatoms. The first-order valence-electron chi connectivity index (χ1n) is 4.45. The zero-order valence-corrected chi connectivity index (χ0v) is 8.24. The second kappa shape index (κ2) is 3.18. The van der Waals surface area contributed by atoms with Crippen LogP contribution in [0.25, 0.3) is 11.5 Å². The molecule has 0 fully saturated rings. The average Bonchev–Trinajstić information content (AvgIpc) is 2.50. The molecule has 14 heavy (non-hydrogen) atoms. The van der Waals surface area contributed by atoms with E-state index in [-0.39, 0.29) is 0 Å². The lowest BCUT2D eigenvalue weighted by Crippen LogP contribution is -1.87. The summed E-state index contributed by atoms with van der Waals surface area (Å²) in [6.45, 7) is 3.87. The molecule has 72 valence electrons. The number of anilines is 1. The molecule has 0 saturated heterocycles. The lowest BCUT2D eigenvalue weighted by atomic mass is 10.1. The van der Waals surface area contributed by atoms with E-state index in [1.54, 1.807) is 6.20 Å². The Bertz CT molecular complexity index is 440. The highest BCUT2D eigenvalue weighted by molar-refractivity contribution is 5.61. The summed E-state index contributed by atoms with van der Waals surface area (Å²) in [7, 11) is 0. The van der Waals surface area contributed by atoms with Crippen molar-refractivity contribution < 1.29 is 4.42 Å². The van der Waals surface area contributed by atoms with Gasteiger partial charge in [-0.25, -0.2) is 4.98 Å². The van der Waals surface area contributed by atoms with Crippen LogP contribution < -0.4 is 5.73 Å². The predicted octanol–water partition coefficient (Wildman–Crippen LogP) is 2.54. The van der Waals surface area contributed by atoms with Gasteiger partial charge >= 0.3 is 0 Å². The van der Waals surface area contributed by atoms with Crippen LogP contribution in [0.5, 0.6) is 0 Å². The largest absolute Gasteiger partial charge is 0.441 e. The standard InChI is InChI=1S/C11H12N2O/c1-7-3-9(5-10(12)4-7)11-13-6-8(2)14-11/h3-6H,12H2,1-2H3. The quantitative estimate of drug-likeness (QED) is 0.699. The maximum absolute atomic E-state index is 5.73. The number of nitrogens with zero attached hydrogens (tertiary/aromatic N) is 1. The van der Waals surface area contributed by atoms with Crippen LogP contribution in [-0.4, -0.2) is 4.98 Å². The maximum Gasteiger partial charge on any atom is 0.226 e. The Hall–Kier alpha value is -1.77. The zero-order chi connectivity index (χ0) is 10.1. The second-order valence-electron chi connectivity index (χ2n) is 3.41. The van der Waals surface area contributed by atoms with Crippen LogP contribution in [0.2, 0.25) is 0 Å². The summed E-state index contributed by atoms with van der Waals surface area (Å²) in [6.07, 6.45) is 1.70. The van der Waals surface area contributed by atoms with Gasteiger partial charge in [0.2, 0.25) is 5.89 Å². The molecule has 2 N–H and O–H groups in total. The minimum absolute atomic E-state index is 0.623. The molecule has 3 nitrogen and oxygen atoms in total. The Kier molecular flexibility index (Phi) is 2.00. The summed E-state index contributed by atoms with van der Waals surface area (Å²) in [4.78, 5) is 4.15. The van der Waals surface area contributed by atoms with E-state index in [9.17, 15) is 0 Å². The number of oxazole rings is 1. The average molecular weight is 188 g/mol. The van der Waals surface area contributed by atoms with Gasteiger partial charge in [-0.2, -0.15) is 0 Å². The Balaban J connectivity index is 2.51. The molecule has 1 heterocycles. The van der Waals surface area contributed by atoms with Crippen molar-refractivity contribution in [2.45, 2.75) is 13.8 Å². The zero-order valence-electron chi connectivity index (χ0n) is 8.24. The Morgan fingerprint density at radius 2 is 2.00 bits per heavy atom. The van der Waals surface area contributed by atoms with E-state index in [1.165, 1.54) is 0 Å². The second-order valence-corrected chi connectivity index (χ2v) is 3.41. The molecule has 0 aliphatic carbocycles. The fraction of sp³-hybridized carbons (Fsp3) is 0.182.